The molecule has 0 radical (unpaired) electrons. The highest BCUT2D eigenvalue weighted by atomic mass is 16.5. The largest absolute Gasteiger partial charge is 0.375 e. The van der Waals surface area contributed by atoms with Crippen LogP contribution < -0.4 is 0 Å². The molecule has 146 valence electrons. The summed E-state index contributed by atoms with van der Waals surface area (Å²) in [5.41, 5.74) is 2.32. The van der Waals surface area contributed by atoms with E-state index in [0.717, 1.165) is 32.1 Å². The smallest absolute Gasteiger partial charge is 0.261 e. The minimum absolute atomic E-state index is 0.126. The number of carbonyl (C=O) groups is 2. The summed E-state index contributed by atoms with van der Waals surface area (Å²) in [4.78, 5) is 26.4. The quantitative estimate of drug-likeness (QED) is 0.630. The van der Waals surface area contributed by atoms with Gasteiger partial charge in [0.05, 0.1) is 23.3 Å². The number of fused-ring (bicyclic) bond motifs is 1. The summed E-state index contributed by atoms with van der Waals surface area (Å²) in [6.45, 7) is 0.450. The highest BCUT2D eigenvalue weighted by molar-refractivity contribution is 6.21. The molecular formula is C24H27NO3. The van der Waals surface area contributed by atoms with Crippen molar-refractivity contribution < 1.29 is 14.3 Å². The number of ether oxygens (including phenoxy) is 1. The molecule has 0 aromatic heterocycles. The van der Waals surface area contributed by atoms with E-state index in [1.165, 1.54) is 23.3 Å². The third kappa shape index (κ3) is 4.17. The third-order valence-corrected chi connectivity index (χ3v) is 5.78. The average Bonchev–Trinajstić information content (AvgIpc) is 3.31. The number of rotatable bonds is 8. The van der Waals surface area contributed by atoms with Crippen molar-refractivity contribution in [2.24, 2.45) is 0 Å². The fourth-order valence-corrected chi connectivity index (χ4v) is 4.31. The lowest BCUT2D eigenvalue weighted by Gasteiger charge is -2.23. The number of nitrogens with zero attached hydrogens (tertiary/aromatic N) is 1. The number of hydrogen-bond acceptors (Lipinski definition) is 3. The maximum atomic E-state index is 12.5. The molecule has 4 rings (SSSR count). The summed E-state index contributed by atoms with van der Waals surface area (Å²) in [7, 11) is 0. The van der Waals surface area contributed by atoms with Gasteiger partial charge in [0, 0.05) is 6.54 Å². The second kappa shape index (κ2) is 8.70. The Bertz CT molecular complexity index is 792. The normalized spacial score (nSPS) is 17.9. The second-order valence-corrected chi connectivity index (χ2v) is 7.80. The van der Waals surface area contributed by atoms with E-state index in [9.17, 15) is 9.59 Å². The number of amides is 2. The van der Waals surface area contributed by atoms with Crippen molar-refractivity contribution >= 4 is 11.8 Å². The second-order valence-electron chi connectivity index (χ2n) is 7.80. The van der Waals surface area contributed by atoms with Gasteiger partial charge >= 0.3 is 0 Å². The first kappa shape index (κ1) is 18.9. The van der Waals surface area contributed by atoms with Crippen molar-refractivity contribution in [1.29, 1.82) is 0 Å². The van der Waals surface area contributed by atoms with Crippen LogP contribution in [0.2, 0.25) is 0 Å². The first-order chi connectivity index (χ1) is 13.7. The topological polar surface area (TPSA) is 46.6 Å². The van der Waals surface area contributed by atoms with Gasteiger partial charge in [0.25, 0.3) is 11.8 Å². The zero-order valence-electron chi connectivity index (χ0n) is 16.2. The van der Waals surface area contributed by atoms with Gasteiger partial charge in [-0.15, -0.1) is 0 Å². The Balaban J connectivity index is 1.36. The molecule has 0 N–H and O–H groups in total. The van der Waals surface area contributed by atoms with Crippen LogP contribution in [0.3, 0.4) is 0 Å². The number of benzene rings is 2. The van der Waals surface area contributed by atoms with Crippen LogP contribution in [0.5, 0.6) is 0 Å². The molecule has 2 amide bonds. The van der Waals surface area contributed by atoms with Gasteiger partial charge in [-0.3, -0.25) is 14.5 Å². The fraction of sp³-hybridized carbons (Fsp3) is 0.417. The Kier molecular flexibility index (Phi) is 5.87. The lowest BCUT2D eigenvalue weighted by Crippen LogP contribution is -2.32. The van der Waals surface area contributed by atoms with Crippen molar-refractivity contribution in [2.75, 3.05) is 6.54 Å². The molecule has 1 heterocycles. The summed E-state index contributed by atoms with van der Waals surface area (Å²) >= 11 is 0. The highest BCUT2D eigenvalue weighted by Crippen LogP contribution is 2.26. The van der Waals surface area contributed by atoms with Gasteiger partial charge in [0.2, 0.25) is 0 Å². The van der Waals surface area contributed by atoms with Crippen molar-refractivity contribution in [2.45, 2.75) is 57.2 Å². The Labute approximate surface area is 166 Å². The average molecular weight is 377 g/mol. The third-order valence-electron chi connectivity index (χ3n) is 5.78. The molecule has 0 bridgehead atoms. The van der Waals surface area contributed by atoms with Crippen LogP contribution in [0.4, 0.5) is 0 Å². The first-order valence-electron chi connectivity index (χ1n) is 10.4. The van der Waals surface area contributed by atoms with Gasteiger partial charge in [-0.25, -0.2) is 0 Å². The molecular weight excluding hydrogens is 350 g/mol. The zero-order chi connectivity index (χ0) is 19.3. The predicted molar refractivity (Wildman–Crippen MR) is 108 cm³/mol. The van der Waals surface area contributed by atoms with E-state index in [4.69, 9.17) is 4.74 Å². The van der Waals surface area contributed by atoms with Crippen LogP contribution in [0.1, 0.15) is 64.8 Å². The molecule has 2 aromatic rings. The molecule has 4 nitrogen and oxygen atoms in total. The highest BCUT2D eigenvalue weighted by Gasteiger charge is 2.34. The lowest BCUT2D eigenvalue weighted by molar-refractivity contribution is -0.0134. The van der Waals surface area contributed by atoms with Crippen LogP contribution in [-0.2, 0) is 11.2 Å². The van der Waals surface area contributed by atoms with Gasteiger partial charge in [0.1, 0.15) is 0 Å². The molecule has 2 aliphatic rings. The van der Waals surface area contributed by atoms with Crippen molar-refractivity contribution in [1.82, 2.24) is 4.90 Å². The summed E-state index contributed by atoms with van der Waals surface area (Å²) in [5.74, 6) is -0.339. The molecule has 1 saturated carbocycles. The Hall–Kier alpha value is -2.46. The van der Waals surface area contributed by atoms with E-state index < -0.39 is 0 Å². The van der Waals surface area contributed by atoms with E-state index in [1.54, 1.807) is 24.3 Å². The lowest BCUT2D eigenvalue weighted by atomic mass is 10.0. The molecule has 0 unspecified atom stereocenters. The van der Waals surface area contributed by atoms with Crippen LogP contribution in [0, 0.1) is 0 Å². The number of hydrogen-bond donors (Lipinski definition) is 0. The Morgan fingerprint density at radius 2 is 1.50 bits per heavy atom. The van der Waals surface area contributed by atoms with Gasteiger partial charge in [-0.05, 0) is 49.8 Å². The minimum Gasteiger partial charge on any atom is -0.375 e. The van der Waals surface area contributed by atoms with Gasteiger partial charge in [-0.1, -0.05) is 55.3 Å². The van der Waals surface area contributed by atoms with Crippen LogP contribution in [0.25, 0.3) is 0 Å². The Morgan fingerprint density at radius 1 is 0.893 bits per heavy atom. The van der Waals surface area contributed by atoms with Crippen LogP contribution >= 0.6 is 0 Å². The summed E-state index contributed by atoms with van der Waals surface area (Å²) in [6.07, 6.45) is 7.74. The van der Waals surface area contributed by atoms with E-state index in [2.05, 4.69) is 24.3 Å². The van der Waals surface area contributed by atoms with E-state index in [-0.39, 0.29) is 17.9 Å². The number of imide groups is 1. The van der Waals surface area contributed by atoms with Crippen molar-refractivity contribution in [3.63, 3.8) is 0 Å². The molecule has 28 heavy (non-hydrogen) atoms. The van der Waals surface area contributed by atoms with Gasteiger partial charge in [0.15, 0.2) is 0 Å². The van der Waals surface area contributed by atoms with Gasteiger partial charge < -0.3 is 4.74 Å². The van der Waals surface area contributed by atoms with Crippen LogP contribution in [-0.4, -0.2) is 35.5 Å². The van der Waals surface area contributed by atoms with Crippen molar-refractivity contribution in [3.8, 4) is 0 Å². The summed E-state index contributed by atoms with van der Waals surface area (Å²) < 4.78 is 6.41. The predicted octanol–water partition coefficient (Wildman–Crippen LogP) is 4.63. The van der Waals surface area contributed by atoms with Crippen molar-refractivity contribution in [3.05, 3.63) is 71.3 Å². The molecule has 4 heteroatoms. The molecule has 1 fully saturated rings. The minimum atomic E-state index is -0.170. The monoisotopic (exact) mass is 377 g/mol. The maximum absolute atomic E-state index is 12.5. The zero-order valence-corrected chi connectivity index (χ0v) is 16.2. The molecule has 0 spiro atoms. The van der Waals surface area contributed by atoms with E-state index >= 15 is 0 Å². The SMILES string of the molecule is O=C1c2ccccc2C(=O)N1CCC[C@H](Cc1ccccc1)OC1CCCC1. The van der Waals surface area contributed by atoms with Gasteiger partial charge in [-0.2, -0.15) is 0 Å². The molecule has 1 aliphatic carbocycles. The molecule has 1 aliphatic heterocycles. The fourth-order valence-electron chi connectivity index (χ4n) is 4.31. The molecule has 1 atom stereocenters. The first-order valence-corrected chi connectivity index (χ1v) is 10.4. The van der Waals surface area contributed by atoms with E-state index in [1.807, 2.05) is 6.07 Å². The Morgan fingerprint density at radius 3 is 2.14 bits per heavy atom. The summed E-state index contributed by atoms with van der Waals surface area (Å²) in [5, 5.41) is 0. The van der Waals surface area contributed by atoms with Crippen LogP contribution in [0.15, 0.2) is 54.6 Å². The molecule has 0 saturated heterocycles. The van der Waals surface area contributed by atoms with E-state index in [0.29, 0.717) is 23.8 Å². The summed E-state index contributed by atoms with van der Waals surface area (Å²) in [6, 6.07) is 17.5. The standard InChI is InChI=1S/C24H27NO3/c26-23-21-14-6-7-15-22(21)24(27)25(23)16-8-13-20(28-19-11-4-5-12-19)17-18-9-2-1-3-10-18/h1-3,6-7,9-10,14-15,19-20H,4-5,8,11-13,16-17H2/t20-/m1/s1. The number of carbonyl (C=O) groups excluding carboxylic acids is 2. The molecule has 2 aromatic carbocycles. The maximum Gasteiger partial charge on any atom is 0.261 e.